The van der Waals surface area contributed by atoms with E-state index in [1.54, 1.807) is 0 Å². The van der Waals surface area contributed by atoms with Crippen molar-refractivity contribution < 1.29 is 4.79 Å². The maximum atomic E-state index is 11.7. The molecule has 0 aromatic rings. The third kappa shape index (κ3) is 5.99. The molecule has 1 amide bonds. The number of hydrogen-bond acceptors (Lipinski definition) is 4. The van der Waals surface area contributed by atoms with E-state index in [1.807, 2.05) is 0 Å². The lowest BCUT2D eigenvalue weighted by molar-refractivity contribution is -0.122. The van der Waals surface area contributed by atoms with Crippen molar-refractivity contribution in [1.82, 2.24) is 15.1 Å². The Morgan fingerprint density at radius 3 is 2.44 bits per heavy atom. The van der Waals surface area contributed by atoms with Gasteiger partial charge in [0.1, 0.15) is 0 Å². The van der Waals surface area contributed by atoms with E-state index in [1.165, 1.54) is 0 Å². The molecule has 0 atom stereocenters. The standard InChI is InChI=1S/C13H24N4O/c1-12(2)3-5-15-13(18)11-17-9-7-16(6-4-14)8-10-17/h12H,3,5-11H2,1-2H3,(H,15,18). The second-order valence-electron chi connectivity index (χ2n) is 5.24. The minimum absolute atomic E-state index is 0.115. The maximum absolute atomic E-state index is 11.7. The van der Waals surface area contributed by atoms with Gasteiger partial charge in [-0.3, -0.25) is 14.6 Å². The zero-order valence-electron chi connectivity index (χ0n) is 11.5. The summed E-state index contributed by atoms with van der Waals surface area (Å²) in [7, 11) is 0. The molecule has 0 aliphatic carbocycles. The molecule has 18 heavy (non-hydrogen) atoms. The van der Waals surface area contributed by atoms with Crippen molar-refractivity contribution in [1.29, 1.82) is 5.26 Å². The van der Waals surface area contributed by atoms with Gasteiger partial charge in [0, 0.05) is 32.7 Å². The van der Waals surface area contributed by atoms with Crippen molar-refractivity contribution in [2.75, 3.05) is 45.8 Å². The van der Waals surface area contributed by atoms with Crippen LogP contribution < -0.4 is 5.32 Å². The van der Waals surface area contributed by atoms with Gasteiger partial charge in [0.25, 0.3) is 0 Å². The first-order valence-electron chi connectivity index (χ1n) is 6.70. The molecule has 0 saturated carbocycles. The highest BCUT2D eigenvalue weighted by atomic mass is 16.2. The van der Waals surface area contributed by atoms with E-state index in [2.05, 4.69) is 35.0 Å². The minimum atomic E-state index is 0.115. The van der Waals surface area contributed by atoms with Crippen LogP contribution in [0.2, 0.25) is 0 Å². The first-order chi connectivity index (χ1) is 8.61. The summed E-state index contributed by atoms with van der Waals surface area (Å²) in [5.74, 6) is 0.740. The molecule has 1 aliphatic rings. The molecule has 1 saturated heterocycles. The largest absolute Gasteiger partial charge is 0.355 e. The highest BCUT2D eigenvalue weighted by molar-refractivity contribution is 5.77. The fraction of sp³-hybridized carbons (Fsp3) is 0.846. The number of hydrogen-bond donors (Lipinski definition) is 1. The topological polar surface area (TPSA) is 59.4 Å². The number of nitriles is 1. The second-order valence-corrected chi connectivity index (χ2v) is 5.24. The normalized spacial score (nSPS) is 17.7. The Morgan fingerprint density at radius 1 is 1.28 bits per heavy atom. The molecule has 1 rings (SSSR count). The Balaban J connectivity index is 2.13. The van der Waals surface area contributed by atoms with Gasteiger partial charge >= 0.3 is 0 Å². The van der Waals surface area contributed by atoms with Gasteiger partial charge in [-0.2, -0.15) is 5.26 Å². The fourth-order valence-electron chi connectivity index (χ4n) is 1.96. The molecule has 1 fully saturated rings. The highest BCUT2D eigenvalue weighted by Gasteiger charge is 2.18. The lowest BCUT2D eigenvalue weighted by Gasteiger charge is -2.32. The average Bonchev–Trinajstić information content (AvgIpc) is 2.31. The van der Waals surface area contributed by atoms with Gasteiger partial charge in [-0.1, -0.05) is 13.8 Å². The van der Waals surface area contributed by atoms with E-state index >= 15 is 0 Å². The van der Waals surface area contributed by atoms with E-state index in [0.29, 0.717) is 19.0 Å². The fourth-order valence-corrected chi connectivity index (χ4v) is 1.96. The molecule has 0 aromatic carbocycles. The molecule has 102 valence electrons. The van der Waals surface area contributed by atoms with Gasteiger partial charge in [-0.15, -0.1) is 0 Å². The summed E-state index contributed by atoms with van der Waals surface area (Å²) in [5, 5.41) is 11.6. The third-order valence-electron chi connectivity index (χ3n) is 3.17. The summed E-state index contributed by atoms with van der Waals surface area (Å²) in [4.78, 5) is 16.0. The van der Waals surface area contributed by atoms with Gasteiger partial charge in [0.15, 0.2) is 0 Å². The predicted molar refractivity (Wildman–Crippen MR) is 71.0 cm³/mol. The predicted octanol–water partition coefficient (Wildman–Crippen LogP) is 0.290. The van der Waals surface area contributed by atoms with Crippen LogP contribution in [-0.2, 0) is 4.79 Å². The number of nitrogens with one attached hydrogen (secondary N) is 1. The summed E-state index contributed by atoms with van der Waals surface area (Å²) in [6.07, 6.45) is 1.03. The van der Waals surface area contributed by atoms with E-state index < -0.39 is 0 Å². The Labute approximate surface area is 110 Å². The first-order valence-corrected chi connectivity index (χ1v) is 6.70. The quantitative estimate of drug-likeness (QED) is 0.690. The average molecular weight is 252 g/mol. The monoisotopic (exact) mass is 252 g/mol. The molecule has 1 N–H and O–H groups in total. The molecule has 0 bridgehead atoms. The molecule has 1 heterocycles. The number of carbonyl (C=O) groups is 1. The molecule has 5 nitrogen and oxygen atoms in total. The van der Waals surface area contributed by atoms with Crippen LogP contribution in [0.25, 0.3) is 0 Å². The van der Waals surface area contributed by atoms with Gasteiger partial charge in [0.05, 0.1) is 19.2 Å². The van der Waals surface area contributed by atoms with E-state index in [9.17, 15) is 4.79 Å². The molecule has 0 radical (unpaired) electrons. The number of nitrogens with zero attached hydrogens (tertiary/aromatic N) is 3. The molecule has 0 spiro atoms. The van der Waals surface area contributed by atoms with Crippen LogP contribution in [0.3, 0.4) is 0 Å². The molecule has 0 aromatic heterocycles. The van der Waals surface area contributed by atoms with Gasteiger partial charge in [0.2, 0.25) is 5.91 Å². The number of amides is 1. The van der Waals surface area contributed by atoms with Crippen LogP contribution in [0.15, 0.2) is 0 Å². The second kappa shape index (κ2) is 8.06. The third-order valence-corrected chi connectivity index (χ3v) is 3.17. The Kier molecular flexibility index (Phi) is 6.69. The molecule has 0 unspecified atom stereocenters. The summed E-state index contributed by atoms with van der Waals surface area (Å²) in [6, 6.07) is 2.16. The van der Waals surface area contributed by atoms with E-state index in [4.69, 9.17) is 5.26 Å². The lowest BCUT2D eigenvalue weighted by atomic mass is 10.1. The van der Waals surface area contributed by atoms with Crippen LogP contribution in [-0.4, -0.2) is 61.5 Å². The van der Waals surface area contributed by atoms with Crippen LogP contribution in [0.5, 0.6) is 0 Å². The van der Waals surface area contributed by atoms with Crippen molar-refractivity contribution in [3.05, 3.63) is 0 Å². The maximum Gasteiger partial charge on any atom is 0.234 e. The van der Waals surface area contributed by atoms with Crippen molar-refractivity contribution in [2.45, 2.75) is 20.3 Å². The first kappa shape index (κ1) is 14.9. The lowest BCUT2D eigenvalue weighted by Crippen LogP contribution is -2.49. The Morgan fingerprint density at radius 2 is 1.89 bits per heavy atom. The molecular weight excluding hydrogens is 228 g/mol. The SMILES string of the molecule is CC(C)CCNC(=O)CN1CCN(CC#N)CC1. The highest BCUT2D eigenvalue weighted by Crippen LogP contribution is 2.01. The number of carbonyl (C=O) groups excluding carboxylic acids is 1. The smallest absolute Gasteiger partial charge is 0.234 e. The zero-order chi connectivity index (χ0) is 13.4. The van der Waals surface area contributed by atoms with Crippen molar-refractivity contribution in [3.63, 3.8) is 0 Å². The van der Waals surface area contributed by atoms with Crippen LogP contribution in [0.4, 0.5) is 0 Å². The van der Waals surface area contributed by atoms with Gasteiger partial charge < -0.3 is 5.32 Å². The summed E-state index contributed by atoms with van der Waals surface area (Å²) in [6.45, 7) is 9.57. The van der Waals surface area contributed by atoms with E-state index in [0.717, 1.165) is 39.1 Å². The van der Waals surface area contributed by atoms with Crippen molar-refractivity contribution in [3.8, 4) is 6.07 Å². The van der Waals surface area contributed by atoms with Crippen LogP contribution in [0, 0.1) is 17.2 Å². The summed E-state index contributed by atoms with van der Waals surface area (Å²) >= 11 is 0. The molecule has 1 aliphatic heterocycles. The summed E-state index contributed by atoms with van der Waals surface area (Å²) < 4.78 is 0. The van der Waals surface area contributed by atoms with Crippen LogP contribution in [0.1, 0.15) is 20.3 Å². The Bertz CT molecular complexity index is 290. The van der Waals surface area contributed by atoms with E-state index in [-0.39, 0.29) is 5.91 Å². The van der Waals surface area contributed by atoms with Crippen LogP contribution >= 0.6 is 0 Å². The van der Waals surface area contributed by atoms with Crippen molar-refractivity contribution in [2.24, 2.45) is 5.92 Å². The van der Waals surface area contributed by atoms with Gasteiger partial charge in [-0.05, 0) is 12.3 Å². The van der Waals surface area contributed by atoms with Gasteiger partial charge in [-0.25, -0.2) is 0 Å². The molecular formula is C13H24N4O. The summed E-state index contributed by atoms with van der Waals surface area (Å²) in [5.41, 5.74) is 0. The van der Waals surface area contributed by atoms with Crippen molar-refractivity contribution >= 4 is 5.91 Å². The number of rotatable bonds is 6. The Hall–Kier alpha value is -1.12. The zero-order valence-corrected chi connectivity index (χ0v) is 11.5. The number of piperazine rings is 1. The minimum Gasteiger partial charge on any atom is -0.355 e. The molecule has 5 heteroatoms.